The van der Waals surface area contributed by atoms with Crippen molar-refractivity contribution in [2.75, 3.05) is 33.9 Å². The molecular weight excluding hydrogens is 408 g/mol. The van der Waals surface area contributed by atoms with E-state index in [1.165, 1.54) is 0 Å². The highest BCUT2D eigenvalue weighted by Gasteiger charge is 2.30. The van der Waals surface area contributed by atoms with Crippen molar-refractivity contribution in [1.29, 1.82) is 0 Å². The van der Waals surface area contributed by atoms with E-state index in [0.29, 0.717) is 36.0 Å². The fraction of sp³-hybridized carbons (Fsp3) is 0.636. The van der Waals surface area contributed by atoms with E-state index in [1.54, 1.807) is 38.1 Å². The highest BCUT2D eigenvalue weighted by molar-refractivity contribution is 6.32. The normalized spacial score (nSPS) is 17.4. The highest BCUT2D eigenvalue weighted by atomic mass is 35.5. The van der Waals surface area contributed by atoms with E-state index in [4.69, 9.17) is 25.8 Å². The predicted molar refractivity (Wildman–Crippen MR) is 116 cm³/mol. The number of halogens is 1. The number of nitrogens with zero attached hydrogens (tertiary/aromatic N) is 2. The number of benzene rings is 1. The summed E-state index contributed by atoms with van der Waals surface area (Å²) in [6, 6.07) is 3.33. The van der Waals surface area contributed by atoms with Crippen molar-refractivity contribution in [2.24, 2.45) is 0 Å². The molecule has 168 valence electrons. The van der Waals surface area contributed by atoms with E-state index in [1.807, 2.05) is 20.8 Å². The third kappa shape index (κ3) is 6.51. The minimum Gasteiger partial charge on any atom is -0.496 e. The number of carbonyl (C=O) groups excluding carboxylic acids is 2. The lowest BCUT2D eigenvalue weighted by Gasteiger charge is -2.38. The van der Waals surface area contributed by atoms with Gasteiger partial charge in [-0.2, -0.15) is 0 Å². The van der Waals surface area contributed by atoms with Gasteiger partial charge in [0.15, 0.2) is 0 Å². The Labute approximate surface area is 184 Å². The Kier molecular flexibility index (Phi) is 8.38. The molecule has 1 aliphatic rings. The lowest BCUT2D eigenvalue weighted by Crippen LogP contribution is -2.49. The standard InChI is InChI=1S/C22H33ClN2O5/c1-7-29-20(26)15-11-18(23)17(19(12-15)28-6)14-25-10-8-9-16(13-25)24(5)21(27)30-22(2,3)4/h11-12,16H,7-10,13-14H2,1-6H3/t16-/m0/s1. The van der Waals surface area contributed by atoms with Gasteiger partial charge in [-0.05, 0) is 59.2 Å². The van der Waals surface area contributed by atoms with Gasteiger partial charge in [0.2, 0.25) is 0 Å². The van der Waals surface area contributed by atoms with Crippen molar-refractivity contribution in [3.8, 4) is 5.75 Å². The van der Waals surface area contributed by atoms with Crippen LogP contribution in [0.3, 0.4) is 0 Å². The number of amides is 1. The number of methoxy groups -OCH3 is 1. The zero-order chi connectivity index (χ0) is 22.5. The van der Waals surface area contributed by atoms with Gasteiger partial charge >= 0.3 is 12.1 Å². The molecule has 0 aliphatic carbocycles. The number of likely N-dealkylation sites (N-methyl/N-ethyl adjacent to an activating group) is 1. The van der Waals surface area contributed by atoms with Gasteiger partial charge in [0, 0.05) is 36.8 Å². The average Bonchev–Trinajstić information content (AvgIpc) is 2.67. The number of carbonyl (C=O) groups is 2. The molecule has 8 heteroatoms. The zero-order valence-corrected chi connectivity index (χ0v) is 19.5. The molecular formula is C22H33ClN2O5. The van der Waals surface area contributed by atoms with Crippen molar-refractivity contribution in [2.45, 2.75) is 58.7 Å². The summed E-state index contributed by atoms with van der Waals surface area (Å²) in [5.74, 6) is 0.120. The van der Waals surface area contributed by atoms with Crippen LogP contribution < -0.4 is 4.74 Å². The van der Waals surface area contributed by atoms with Crippen LogP contribution in [0.2, 0.25) is 5.02 Å². The molecule has 0 saturated carbocycles. The first-order valence-electron chi connectivity index (χ1n) is 10.3. The molecule has 0 N–H and O–H groups in total. The Balaban J connectivity index is 2.12. The van der Waals surface area contributed by atoms with Crippen LogP contribution in [-0.2, 0) is 16.0 Å². The summed E-state index contributed by atoms with van der Waals surface area (Å²) >= 11 is 6.50. The Morgan fingerprint density at radius 1 is 1.30 bits per heavy atom. The quantitative estimate of drug-likeness (QED) is 0.612. The smallest absolute Gasteiger partial charge is 0.410 e. The molecule has 1 heterocycles. The zero-order valence-electron chi connectivity index (χ0n) is 18.8. The summed E-state index contributed by atoms with van der Waals surface area (Å²) in [6.45, 7) is 9.78. The van der Waals surface area contributed by atoms with Gasteiger partial charge in [0.05, 0.1) is 19.3 Å². The third-order valence-electron chi connectivity index (χ3n) is 4.98. The Morgan fingerprint density at radius 3 is 2.60 bits per heavy atom. The second-order valence-corrected chi connectivity index (χ2v) is 8.89. The Morgan fingerprint density at radius 2 is 2.00 bits per heavy atom. The number of hydrogen-bond donors (Lipinski definition) is 0. The van der Waals surface area contributed by atoms with E-state index in [-0.39, 0.29) is 12.1 Å². The molecule has 1 aromatic rings. The maximum Gasteiger partial charge on any atom is 0.410 e. The van der Waals surface area contributed by atoms with E-state index in [2.05, 4.69) is 4.90 Å². The summed E-state index contributed by atoms with van der Waals surface area (Å²) in [5, 5.41) is 0.458. The van der Waals surface area contributed by atoms with Crippen molar-refractivity contribution in [1.82, 2.24) is 9.80 Å². The van der Waals surface area contributed by atoms with Crippen molar-refractivity contribution in [3.05, 3.63) is 28.3 Å². The van der Waals surface area contributed by atoms with Crippen molar-refractivity contribution in [3.63, 3.8) is 0 Å². The molecule has 1 aromatic carbocycles. The van der Waals surface area contributed by atoms with Gasteiger partial charge in [0.25, 0.3) is 0 Å². The third-order valence-corrected chi connectivity index (χ3v) is 5.31. The summed E-state index contributed by atoms with van der Waals surface area (Å²) in [5.41, 5.74) is 0.651. The molecule has 0 radical (unpaired) electrons. The molecule has 2 rings (SSSR count). The minimum absolute atomic E-state index is 0.0529. The second kappa shape index (κ2) is 10.4. The van der Waals surface area contributed by atoms with Crippen molar-refractivity contribution < 1.29 is 23.8 Å². The monoisotopic (exact) mass is 440 g/mol. The van der Waals surface area contributed by atoms with Crippen LogP contribution in [0.1, 0.15) is 56.5 Å². The number of esters is 1. The van der Waals surface area contributed by atoms with Crippen LogP contribution in [0.15, 0.2) is 12.1 Å². The van der Waals surface area contributed by atoms with Gasteiger partial charge < -0.3 is 19.1 Å². The SMILES string of the molecule is CCOC(=O)c1cc(Cl)c(CN2CCC[C@H](N(C)C(=O)OC(C)(C)C)C2)c(OC)c1. The molecule has 30 heavy (non-hydrogen) atoms. The molecule has 0 spiro atoms. The fourth-order valence-corrected chi connectivity index (χ4v) is 3.75. The van der Waals surface area contributed by atoms with Gasteiger partial charge in [-0.1, -0.05) is 11.6 Å². The summed E-state index contributed by atoms with van der Waals surface area (Å²) in [4.78, 5) is 28.4. The highest BCUT2D eigenvalue weighted by Crippen LogP contribution is 2.31. The molecule has 0 unspecified atom stereocenters. The molecule has 0 aromatic heterocycles. The number of hydrogen-bond acceptors (Lipinski definition) is 6. The van der Waals surface area contributed by atoms with Gasteiger partial charge in [-0.3, -0.25) is 4.90 Å². The van der Waals surface area contributed by atoms with Gasteiger partial charge in [0.1, 0.15) is 11.4 Å². The second-order valence-electron chi connectivity index (χ2n) is 8.48. The van der Waals surface area contributed by atoms with Crippen LogP contribution in [-0.4, -0.2) is 67.4 Å². The molecule has 7 nitrogen and oxygen atoms in total. The van der Waals surface area contributed by atoms with Gasteiger partial charge in [-0.15, -0.1) is 0 Å². The number of rotatable bonds is 6. The van der Waals surface area contributed by atoms with E-state index in [0.717, 1.165) is 24.9 Å². The molecule has 1 amide bonds. The molecule has 0 bridgehead atoms. The van der Waals surface area contributed by atoms with Crippen LogP contribution >= 0.6 is 11.6 Å². The number of likely N-dealkylation sites (tertiary alicyclic amines) is 1. The largest absolute Gasteiger partial charge is 0.496 e. The van der Waals surface area contributed by atoms with E-state index < -0.39 is 11.6 Å². The van der Waals surface area contributed by atoms with Crippen LogP contribution in [0.25, 0.3) is 0 Å². The predicted octanol–water partition coefficient (Wildman–Crippen LogP) is 4.36. The van der Waals surface area contributed by atoms with Gasteiger partial charge in [-0.25, -0.2) is 9.59 Å². The molecule has 1 saturated heterocycles. The van der Waals surface area contributed by atoms with Crippen LogP contribution in [0.4, 0.5) is 4.79 Å². The Bertz CT molecular complexity index is 763. The fourth-order valence-electron chi connectivity index (χ4n) is 3.48. The number of piperidine rings is 1. The first kappa shape index (κ1) is 24.3. The average molecular weight is 441 g/mol. The maximum atomic E-state index is 12.4. The maximum absolute atomic E-state index is 12.4. The minimum atomic E-state index is -0.527. The summed E-state index contributed by atoms with van der Waals surface area (Å²) in [7, 11) is 3.34. The van der Waals surface area contributed by atoms with Crippen LogP contribution in [0.5, 0.6) is 5.75 Å². The lowest BCUT2D eigenvalue weighted by atomic mass is 10.0. The first-order valence-corrected chi connectivity index (χ1v) is 10.6. The molecule has 1 fully saturated rings. The van der Waals surface area contributed by atoms with Crippen molar-refractivity contribution >= 4 is 23.7 Å². The molecule has 1 aliphatic heterocycles. The Hall–Kier alpha value is -1.99. The lowest BCUT2D eigenvalue weighted by molar-refractivity contribution is 0.0129. The summed E-state index contributed by atoms with van der Waals surface area (Å²) in [6.07, 6.45) is 1.56. The first-order chi connectivity index (χ1) is 14.1. The number of ether oxygens (including phenoxy) is 3. The van der Waals surface area contributed by atoms with Crippen LogP contribution in [0, 0.1) is 0 Å². The van der Waals surface area contributed by atoms with E-state index in [9.17, 15) is 9.59 Å². The molecule has 1 atom stereocenters. The summed E-state index contributed by atoms with van der Waals surface area (Å²) < 4.78 is 16.1. The van der Waals surface area contributed by atoms with E-state index >= 15 is 0 Å². The topological polar surface area (TPSA) is 68.3 Å².